The zero-order valence-corrected chi connectivity index (χ0v) is 10.5. The molecule has 0 aromatic carbocycles. The van der Waals surface area contributed by atoms with Crippen molar-refractivity contribution in [1.29, 1.82) is 0 Å². The van der Waals surface area contributed by atoms with Gasteiger partial charge in [-0.15, -0.1) is 0 Å². The third-order valence-electron chi connectivity index (χ3n) is 2.83. The molecular weight excluding hydrogens is 226 g/mol. The molecule has 6 heteroatoms. The van der Waals surface area contributed by atoms with Crippen LogP contribution in [0.25, 0.3) is 0 Å². The molecule has 1 aromatic heterocycles. The summed E-state index contributed by atoms with van der Waals surface area (Å²) >= 11 is 0. The van der Waals surface area contributed by atoms with Crippen molar-refractivity contribution < 1.29 is 8.42 Å². The molecule has 0 fully saturated rings. The highest BCUT2D eigenvalue weighted by Gasteiger charge is 2.30. The first-order chi connectivity index (χ1) is 7.44. The molecule has 88 valence electrons. The van der Waals surface area contributed by atoms with Crippen LogP contribution in [0, 0.1) is 13.8 Å². The van der Waals surface area contributed by atoms with Crippen molar-refractivity contribution in [1.82, 2.24) is 14.1 Å². The van der Waals surface area contributed by atoms with Crippen LogP contribution in [0.5, 0.6) is 0 Å². The van der Waals surface area contributed by atoms with Crippen LogP contribution in [0.3, 0.4) is 0 Å². The monoisotopic (exact) mass is 241 g/mol. The van der Waals surface area contributed by atoms with E-state index >= 15 is 0 Å². The Labute approximate surface area is 95.4 Å². The normalized spacial score (nSPS) is 17.2. The molecule has 0 N–H and O–H groups in total. The number of hydrogen-bond donors (Lipinski definition) is 0. The highest BCUT2D eigenvalue weighted by molar-refractivity contribution is 7.89. The Balaban J connectivity index is 2.51. The molecule has 2 rings (SSSR count). The first-order valence-corrected chi connectivity index (χ1v) is 6.54. The number of sulfonamides is 1. The minimum Gasteiger partial charge on any atom is -0.271 e. The summed E-state index contributed by atoms with van der Waals surface area (Å²) in [7, 11) is -1.64. The lowest BCUT2D eigenvalue weighted by molar-refractivity contribution is 0.487. The molecule has 5 nitrogen and oxygen atoms in total. The van der Waals surface area contributed by atoms with E-state index in [2.05, 4.69) is 5.10 Å². The third kappa shape index (κ3) is 1.58. The summed E-state index contributed by atoms with van der Waals surface area (Å²) in [6.45, 7) is 4.41. The lowest BCUT2D eigenvalue weighted by Gasteiger charge is -2.15. The van der Waals surface area contributed by atoms with Crippen molar-refractivity contribution in [2.24, 2.45) is 7.05 Å². The summed E-state index contributed by atoms with van der Waals surface area (Å²) in [5.74, 6) is 0. The molecular formula is C10H15N3O2S. The van der Waals surface area contributed by atoms with Crippen molar-refractivity contribution >= 4 is 10.0 Å². The Bertz CT molecular complexity index is 535. The molecule has 0 saturated carbocycles. The molecule has 0 saturated heterocycles. The third-order valence-corrected chi connectivity index (χ3v) is 4.91. The summed E-state index contributed by atoms with van der Waals surface area (Å²) in [6, 6.07) is 0. The number of hydrogen-bond acceptors (Lipinski definition) is 3. The van der Waals surface area contributed by atoms with Crippen LogP contribution in [-0.4, -0.2) is 35.6 Å². The first-order valence-electron chi connectivity index (χ1n) is 5.10. The largest absolute Gasteiger partial charge is 0.271 e. The Morgan fingerprint density at radius 1 is 1.25 bits per heavy atom. The van der Waals surface area contributed by atoms with E-state index < -0.39 is 10.0 Å². The molecule has 0 radical (unpaired) electrons. The van der Waals surface area contributed by atoms with E-state index in [1.807, 2.05) is 12.2 Å². The number of nitrogens with zero attached hydrogens (tertiary/aromatic N) is 3. The molecule has 2 heterocycles. The summed E-state index contributed by atoms with van der Waals surface area (Å²) in [6.07, 6.45) is 3.72. The van der Waals surface area contributed by atoms with Crippen LogP contribution in [0.2, 0.25) is 0 Å². The van der Waals surface area contributed by atoms with E-state index in [0.29, 0.717) is 29.4 Å². The molecule has 0 unspecified atom stereocenters. The minimum absolute atomic E-state index is 0.346. The van der Waals surface area contributed by atoms with Gasteiger partial charge in [0.15, 0.2) is 0 Å². The van der Waals surface area contributed by atoms with Gasteiger partial charge in [0, 0.05) is 20.1 Å². The summed E-state index contributed by atoms with van der Waals surface area (Å²) in [5, 5.41) is 4.14. The molecule has 0 amide bonds. The minimum atomic E-state index is -3.39. The quantitative estimate of drug-likeness (QED) is 0.712. The Morgan fingerprint density at radius 2 is 1.81 bits per heavy atom. The SMILES string of the molecule is Cc1nn(C)c(C)c1S(=O)(=O)N1CC=CC1. The van der Waals surface area contributed by atoms with E-state index in [4.69, 9.17) is 0 Å². The standard InChI is InChI=1S/C10H15N3O2S/c1-8-10(9(2)12(3)11-8)16(14,15)13-6-4-5-7-13/h4-5H,6-7H2,1-3H3. The lowest BCUT2D eigenvalue weighted by Crippen LogP contribution is -2.29. The lowest BCUT2D eigenvalue weighted by atomic mass is 10.4. The summed E-state index contributed by atoms with van der Waals surface area (Å²) in [5.41, 5.74) is 1.25. The van der Waals surface area contributed by atoms with Crippen molar-refractivity contribution in [3.05, 3.63) is 23.5 Å². The fourth-order valence-corrected chi connectivity index (χ4v) is 3.65. The maximum atomic E-state index is 12.3. The average Bonchev–Trinajstić information content (AvgIpc) is 2.76. The topological polar surface area (TPSA) is 55.2 Å². The van der Waals surface area contributed by atoms with Gasteiger partial charge in [-0.25, -0.2) is 8.42 Å². The highest BCUT2D eigenvalue weighted by Crippen LogP contribution is 2.23. The predicted molar refractivity (Wildman–Crippen MR) is 60.6 cm³/mol. The molecule has 16 heavy (non-hydrogen) atoms. The van der Waals surface area contributed by atoms with Gasteiger partial charge in [0.1, 0.15) is 4.90 Å². The van der Waals surface area contributed by atoms with E-state index in [1.54, 1.807) is 25.6 Å². The van der Waals surface area contributed by atoms with Gasteiger partial charge < -0.3 is 0 Å². The zero-order chi connectivity index (χ0) is 11.9. The molecule has 1 aliphatic rings. The first kappa shape index (κ1) is 11.3. The van der Waals surface area contributed by atoms with Gasteiger partial charge in [-0.3, -0.25) is 4.68 Å². The van der Waals surface area contributed by atoms with Gasteiger partial charge in [0.2, 0.25) is 10.0 Å². The van der Waals surface area contributed by atoms with E-state index in [1.165, 1.54) is 4.31 Å². The van der Waals surface area contributed by atoms with Gasteiger partial charge in [0.25, 0.3) is 0 Å². The molecule has 0 atom stereocenters. The summed E-state index contributed by atoms with van der Waals surface area (Å²) in [4.78, 5) is 0.346. The van der Waals surface area contributed by atoms with Crippen molar-refractivity contribution in [2.75, 3.05) is 13.1 Å². The van der Waals surface area contributed by atoms with Gasteiger partial charge in [-0.1, -0.05) is 12.2 Å². The number of aryl methyl sites for hydroxylation is 2. The molecule has 1 aromatic rings. The number of aromatic nitrogens is 2. The van der Waals surface area contributed by atoms with Crippen LogP contribution in [0.4, 0.5) is 0 Å². The van der Waals surface area contributed by atoms with Crippen molar-refractivity contribution in [2.45, 2.75) is 18.7 Å². The number of rotatable bonds is 2. The van der Waals surface area contributed by atoms with E-state index in [-0.39, 0.29) is 0 Å². The van der Waals surface area contributed by atoms with Crippen LogP contribution >= 0.6 is 0 Å². The van der Waals surface area contributed by atoms with E-state index in [0.717, 1.165) is 0 Å². The van der Waals surface area contributed by atoms with Crippen LogP contribution in [-0.2, 0) is 17.1 Å². The zero-order valence-electron chi connectivity index (χ0n) is 9.64. The maximum absolute atomic E-state index is 12.3. The summed E-state index contributed by atoms with van der Waals surface area (Å²) < 4.78 is 27.7. The van der Waals surface area contributed by atoms with Crippen molar-refractivity contribution in [3.8, 4) is 0 Å². The van der Waals surface area contributed by atoms with E-state index in [9.17, 15) is 8.42 Å². The molecule has 1 aliphatic heterocycles. The Morgan fingerprint density at radius 3 is 2.25 bits per heavy atom. The highest BCUT2D eigenvalue weighted by atomic mass is 32.2. The van der Waals surface area contributed by atoms with Crippen LogP contribution in [0.1, 0.15) is 11.4 Å². The smallest absolute Gasteiger partial charge is 0.247 e. The fourth-order valence-electron chi connectivity index (χ4n) is 1.91. The second-order valence-corrected chi connectivity index (χ2v) is 5.79. The van der Waals surface area contributed by atoms with Gasteiger partial charge in [-0.2, -0.15) is 9.40 Å². The van der Waals surface area contributed by atoms with Gasteiger partial charge in [0.05, 0.1) is 11.4 Å². The second-order valence-electron chi connectivity index (χ2n) is 3.92. The van der Waals surface area contributed by atoms with Crippen LogP contribution < -0.4 is 0 Å². The van der Waals surface area contributed by atoms with Crippen LogP contribution in [0.15, 0.2) is 17.0 Å². The molecule has 0 bridgehead atoms. The fraction of sp³-hybridized carbons (Fsp3) is 0.500. The Kier molecular flexibility index (Phi) is 2.63. The second kappa shape index (κ2) is 3.71. The Hall–Kier alpha value is -1.14. The molecule has 0 spiro atoms. The maximum Gasteiger partial charge on any atom is 0.247 e. The van der Waals surface area contributed by atoms with Gasteiger partial charge in [-0.05, 0) is 13.8 Å². The van der Waals surface area contributed by atoms with Crippen molar-refractivity contribution in [3.63, 3.8) is 0 Å². The average molecular weight is 241 g/mol. The molecule has 0 aliphatic carbocycles. The van der Waals surface area contributed by atoms with Gasteiger partial charge >= 0.3 is 0 Å². The predicted octanol–water partition coefficient (Wildman–Crippen LogP) is 0.597.